The van der Waals surface area contributed by atoms with Crippen LogP contribution in [0.25, 0.3) is 0 Å². The van der Waals surface area contributed by atoms with Crippen LogP contribution in [0.2, 0.25) is 0 Å². The number of rotatable bonds is 3. The number of carbonyl (C=O) groups excluding carboxylic acids is 1. The predicted molar refractivity (Wildman–Crippen MR) is 71.3 cm³/mol. The lowest BCUT2D eigenvalue weighted by Gasteiger charge is -2.12. The first-order valence-electron chi connectivity index (χ1n) is 5.69. The average Bonchev–Trinajstić information content (AvgIpc) is 2.42. The molecule has 6 heteroatoms. The number of aromatic nitrogens is 2. The molecule has 0 aliphatic heterocycles. The molecule has 0 atom stereocenters. The van der Waals surface area contributed by atoms with Gasteiger partial charge in [-0.05, 0) is 30.3 Å². The zero-order chi connectivity index (χ0) is 13.7. The van der Waals surface area contributed by atoms with E-state index < -0.39 is 0 Å². The molecule has 0 saturated carbocycles. The second-order valence-corrected chi connectivity index (χ2v) is 4.01. The van der Waals surface area contributed by atoms with Crippen LogP contribution in [0.4, 0.5) is 10.5 Å². The topological polar surface area (TPSA) is 67.4 Å². The Morgan fingerprint density at radius 3 is 2.53 bits per heavy atom. The number of amides is 2. The number of carbonyl (C=O) groups is 1. The van der Waals surface area contributed by atoms with Gasteiger partial charge in [-0.15, -0.1) is 5.10 Å². The van der Waals surface area contributed by atoms with Crippen molar-refractivity contribution in [2.45, 2.75) is 0 Å². The molecule has 0 bridgehead atoms. The summed E-state index contributed by atoms with van der Waals surface area (Å²) in [7, 11) is 3.36. The van der Waals surface area contributed by atoms with Crippen LogP contribution in [0.15, 0.2) is 42.6 Å². The quantitative estimate of drug-likeness (QED) is 0.917. The van der Waals surface area contributed by atoms with Crippen LogP contribution in [-0.2, 0) is 0 Å². The lowest BCUT2D eigenvalue weighted by atomic mass is 10.3. The van der Waals surface area contributed by atoms with E-state index in [2.05, 4.69) is 15.5 Å². The second kappa shape index (κ2) is 5.81. The maximum Gasteiger partial charge on any atom is 0.321 e. The van der Waals surface area contributed by atoms with E-state index in [9.17, 15) is 4.79 Å². The van der Waals surface area contributed by atoms with Gasteiger partial charge in [-0.25, -0.2) is 4.79 Å². The lowest BCUT2D eigenvalue weighted by molar-refractivity contribution is 0.230. The molecule has 0 fully saturated rings. The van der Waals surface area contributed by atoms with Gasteiger partial charge in [0.05, 0.1) is 0 Å². The van der Waals surface area contributed by atoms with Gasteiger partial charge >= 0.3 is 6.03 Å². The van der Waals surface area contributed by atoms with E-state index in [1.54, 1.807) is 56.7 Å². The van der Waals surface area contributed by atoms with Gasteiger partial charge < -0.3 is 15.0 Å². The second-order valence-electron chi connectivity index (χ2n) is 4.01. The Morgan fingerprint density at radius 2 is 1.95 bits per heavy atom. The molecular formula is C13H14N4O2. The van der Waals surface area contributed by atoms with E-state index in [1.807, 2.05) is 0 Å². The van der Waals surface area contributed by atoms with Crippen LogP contribution < -0.4 is 10.1 Å². The Morgan fingerprint density at radius 1 is 1.21 bits per heavy atom. The zero-order valence-corrected chi connectivity index (χ0v) is 10.7. The van der Waals surface area contributed by atoms with Gasteiger partial charge in [0.15, 0.2) is 0 Å². The molecule has 19 heavy (non-hydrogen) atoms. The SMILES string of the molecule is CN(C)C(=O)Nc1ccc(Oc2cccnn2)cc1. The highest BCUT2D eigenvalue weighted by Gasteiger charge is 2.04. The van der Waals surface area contributed by atoms with Crippen molar-refractivity contribution in [3.05, 3.63) is 42.6 Å². The van der Waals surface area contributed by atoms with E-state index in [-0.39, 0.29) is 6.03 Å². The van der Waals surface area contributed by atoms with Crippen LogP contribution >= 0.6 is 0 Å². The molecule has 0 aliphatic rings. The fraction of sp³-hybridized carbons (Fsp3) is 0.154. The van der Waals surface area contributed by atoms with Gasteiger partial charge in [-0.3, -0.25) is 0 Å². The predicted octanol–water partition coefficient (Wildman–Crippen LogP) is 2.36. The number of anilines is 1. The molecule has 1 N–H and O–H groups in total. The first kappa shape index (κ1) is 12.8. The molecule has 2 amide bonds. The third-order valence-electron chi connectivity index (χ3n) is 2.28. The molecule has 2 aromatic rings. The van der Waals surface area contributed by atoms with E-state index in [0.29, 0.717) is 17.3 Å². The van der Waals surface area contributed by atoms with Crippen LogP contribution in [0.3, 0.4) is 0 Å². The largest absolute Gasteiger partial charge is 0.438 e. The lowest BCUT2D eigenvalue weighted by Crippen LogP contribution is -2.27. The number of nitrogens with zero attached hydrogens (tertiary/aromatic N) is 3. The van der Waals surface area contributed by atoms with Crippen molar-refractivity contribution >= 4 is 11.7 Å². The van der Waals surface area contributed by atoms with Gasteiger partial charge in [-0.1, -0.05) is 0 Å². The normalized spacial score (nSPS) is 9.79. The first-order valence-corrected chi connectivity index (χ1v) is 5.69. The van der Waals surface area contributed by atoms with Crippen LogP contribution in [0, 0.1) is 0 Å². The van der Waals surface area contributed by atoms with E-state index in [0.717, 1.165) is 0 Å². The fourth-order valence-electron chi connectivity index (χ4n) is 1.30. The van der Waals surface area contributed by atoms with Crippen molar-refractivity contribution in [3.63, 3.8) is 0 Å². The molecule has 6 nitrogen and oxygen atoms in total. The van der Waals surface area contributed by atoms with E-state index in [1.165, 1.54) is 4.90 Å². The zero-order valence-electron chi connectivity index (χ0n) is 10.7. The number of hydrogen-bond acceptors (Lipinski definition) is 4. The maximum atomic E-state index is 11.5. The molecule has 98 valence electrons. The summed E-state index contributed by atoms with van der Waals surface area (Å²) >= 11 is 0. The van der Waals surface area contributed by atoms with Crippen LogP contribution in [-0.4, -0.2) is 35.2 Å². The minimum Gasteiger partial charge on any atom is -0.438 e. The summed E-state index contributed by atoms with van der Waals surface area (Å²) in [5, 5.41) is 10.3. The summed E-state index contributed by atoms with van der Waals surface area (Å²) in [6.07, 6.45) is 1.58. The summed E-state index contributed by atoms with van der Waals surface area (Å²) in [4.78, 5) is 12.9. The average molecular weight is 258 g/mol. The van der Waals surface area contributed by atoms with E-state index >= 15 is 0 Å². The monoisotopic (exact) mass is 258 g/mol. The highest BCUT2D eigenvalue weighted by Crippen LogP contribution is 2.20. The van der Waals surface area contributed by atoms with Crippen molar-refractivity contribution in [2.75, 3.05) is 19.4 Å². The number of nitrogens with one attached hydrogen (secondary N) is 1. The molecule has 0 unspecified atom stereocenters. The van der Waals surface area contributed by atoms with Gasteiger partial charge in [0.2, 0.25) is 5.88 Å². The molecule has 2 rings (SSSR count). The Kier molecular flexibility index (Phi) is 3.92. The van der Waals surface area contributed by atoms with Crippen LogP contribution in [0.5, 0.6) is 11.6 Å². The summed E-state index contributed by atoms with van der Waals surface area (Å²) in [6, 6.07) is 10.3. The van der Waals surface area contributed by atoms with Gasteiger partial charge in [0.1, 0.15) is 5.75 Å². The Balaban J connectivity index is 2.01. The molecule has 1 heterocycles. The van der Waals surface area contributed by atoms with Crippen molar-refractivity contribution in [1.29, 1.82) is 0 Å². The first-order chi connectivity index (χ1) is 9.15. The summed E-state index contributed by atoms with van der Waals surface area (Å²) in [5.41, 5.74) is 0.699. The van der Waals surface area contributed by atoms with E-state index in [4.69, 9.17) is 4.74 Å². The molecule has 0 saturated heterocycles. The molecule has 1 aromatic heterocycles. The molecule has 0 aliphatic carbocycles. The Bertz CT molecular complexity index is 540. The third kappa shape index (κ3) is 3.67. The van der Waals surface area contributed by atoms with Gasteiger partial charge in [0, 0.05) is 32.0 Å². The van der Waals surface area contributed by atoms with Gasteiger partial charge in [0.25, 0.3) is 0 Å². The minimum atomic E-state index is -0.178. The Labute approximate surface area is 111 Å². The number of benzene rings is 1. The van der Waals surface area contributed by atoms with Crippen molar-refractivity contribution in [1.82, 2.24) is 15.1 Å². The van der Waals surface area contributed by atoms with Crippen molar-refractivity contribution < 1.29 is 9.53 Å². The number of urea groups is 1. The van der Waals surface area contributed by atoms with Crippen molar-refractivity contribution in [2.24, 2.45) is 0 Å². The Hall–Kier alpha value is -2.63. The smallest absolute Gasteiger partial charge is 0.321 e. The summed E-state index contributed by atoms with van der Waals surface area (Å²) in [6.45, 7) is 0. The number of ether oxygens (including phenoxy) is 1. The maximum absolute atomic E-state index is 11.5. The fourth-order valence-corrected chi connectivity index (χ4v) is 1.30. The van der Waals surface area contributed by atoms with Gasteiger partial charge in [-0.2, -0.15) is 5.10 Å². The standard InChI is InChI=1S/C13H14N4O2/c1-17(2)13(18)15-10-5-7-11(8-6-10)19-12-4-3-9-14-16-12/h3-9H,1-2H3,(H,15,18). The highest BCUT2D eigenvalue weighted by atomic mass is 16.5. The summed E-state index contributed by atoms with van der Waals surface area (Å²) in [5.74, 6) is 1.05. The molecule has 1 aromatic carbocycles. The summed E-state index contributed by atoms with van der Waals surface area (Å²) < 4.78 is 5.49. The minimum absolute atomic E-state index is 0.178. The molecule has 0 spiro atoms. The molecular weight excluding hydrogens is 244 g/mol. The number of hydrogen-bond donors (Lipinski definition) is 1. The van der Waals surface area contributed by atoms with Crippen molar-refractivity contribution in [3.8, 4) is 11.6 Å². The third-order valence-corrected chi connectivity index (χ3v) is 2.28. The van der Waals surface area contributed by atoms with Crippen LogP contribution in [0.1, 0.15) is 0 Å². The highest BCUT2D eigenvalue weighted by molar-refractivity contribution is 5.88. The molecule has 0 radical (unpaired) electrons.